The largest absolute Gasteiger partial charge is 0.335 e. The summed E-state index contributed by atoms with van der Waals surface area (Å²) in [5.74, 6) is 0.505. The third-order valence-electron chi connectivity index (χ3n) is 2.94. The van der Waals surface area contributed by atoms with Gasteiger partial charge in [0.05, 0.1) is 0 Å². The van der Waals surface area contributed by atoms with E-state index in [2.05, 4.69) is 15.5 Å². The van der Waals surface area contributed by atoms with Crippen LogP contribution in [0.1, 0.15) is 12.3 Å². The molecule has 0 bridgehead atoms. The highest BCUT2D eigenvalue weighted by molar-refractivity contribution is 5.53. The van der Waals surface area contributed by atoms with Gasteiger partial charge in [0.15, 0.2) is 0 Å². The molecule has 1 atom stereocenters. The topological polar surface area (TPSA) is 51.0 Å². The summed E-state index contributed by atoms with van der Waals surface area (Å²) in [5, 5.41) is 6.78. The molecule has 1 N–H and O–H groups in total. The van der Waals surface area contributed by atoms with Crippen molar-refractivity contribution in [2.45, 2.75) is 12.1 Å². The number of rotatable bonds is 2. The summed E-state index contributed by atoms with van der Waals surface area (Å²) in [6, 6.07) is 9.41. The number of nitrogens with zero attached hydrogens (tertiary/aromatic N) is 2. The van der Waals surface area contributed by atoms with Gasteiger partial charge in [0, 0.05) is 18.5 Å². The molecular formula is C12H12FN3O. The summed E-state index contributed by atoms with van der Waals surface area (Å²) in [4.78, 5) is 4.14. The fraction of sp³-hybridized carbons (Fsp3) is 0.333. The minimum Gasteiger partial charge on any atom is -0.335 e. The van der Waals surface area contributed by atoms with E-state index in [0.29, 0.717) is 18.8 Å². The molecule has 1 aliphatic heterocycles. The Kier molecular flexibility index (Phi) is 2.40. The van der Waals surface area contributed by atoms with Crippen LogP contribution in [0.5, 0.6) is 0 Å². The zero-order valence-electron chi connectivity index (χ0n) is 9.19. The molecule has 1 fully saturated rings. The van der Waals surface area contributed by atoms with Crippen LogP contribution in [0.3, 0.4) is 0 Å². The van der Waals surface area contributed by atoms with Gasteiger partial charge in [-0.25, -0.2) is 4.39 Å². The second-order valence-electron chi connectivity index (χ2n) is 4.18. The van der Waals surface area contributed by atoms with Gasteiger partial charge >= 0.3 is 0 Å². The zero-order chi connectivity index (χ0) is 11.7. The molecule has 1 unspecified atom stereocenters. The van der Waals surface area contributed by atoms with E-state index >= 15 is 0 Å². The van der Waals surface area contributed by atoms with Crippen molar-refractivity contribution in [1.82, 2.24) is 15.5 Å². The lowest BCUT2D eigenvalue weighted by Crippen LogP contribution is -2.23. The standard InChI is InChI=1S/C12H12FN3O/c13-12(6-7-14-8-12)11-15-10(16-17-11)9-4-2-1-3-5-9/h1-5,14H,6-8H2. The lowest BCUT2D eigenvalue weighted by molar-refractivity contribution is 0.134. The highest BCUT2D eigenvalue weighted by atomic mass is 19.1. The van der Waals surface area contributed by atoms with E-state index in [0.717, 1.165) is 5.56 Å². The van der Waals surface area contributed by atoms with Crippen LogP contribution in [0, 0.1) is 0 Å². The number of hydrogen-bond acceptors (Lipinski definition) is 4. The van der Waals surface area contributed by atoms with E-state index in [9.17, 15) is 4.39 Å². The quantitative estimate of drug-likeness (QED) is 0.860. The summed E-state index contributed by atoms with van der Waals surface area (Å²) in [6.45, 7) is 0.878. The van der Waals surface area contributed by atoms with Crippen molar-refractivity contribution in [3.63, 3.8) is 0 Å². The predicted octanol–water partition coefficient (Wildman–Crippen LogP) is 1.89. The van der Waals surface area contributed by atoms with E-state index in [1.165, 1.54) is 0 Å². The number of alkyl halides is 1. The average molecular weight is 233 g/mol. The maximum atomic E-state index is 14.3. The van der Waals surface area contributed by atoms with Crippen LogP contribution in [0.15, 0.2) is 34.9 Å². The second-order valence-corrected chi connectivity index (χ2v) is 4.18. The van der Waals surface area contributed by atoms with Crippen molar-refractivity contribution in [2.24, 2.45) is 0 Å². The van der Waals surface area contributed by atoms with Gasteiger partial charge in [0.2, 0.25) is 11.5 Å². The Morgan fingerprint density at radius 3 is 2.82 bits per heavy atom. The van der Waals surface area contributed by atoms with Crippen LogP contribution >= 0.6 is 0 Å². The summed E-state index contributed by atoms with van der Waals surface area (Å²) < 4.78 is 19.3. The van der Waals surface area contributed by atoms with Crippen molar-refractivity contribution in [3.05, 3.63) is 36.2 Å². The first-order valence-electron chi connectivity index (χ1n) is 5.57. The third kappa shape index (κ3) is 1.82. The number of hydrogen-bond donors (Lipinski definition) is 1. The fourth-order valence-corrected chi connectivity index (χ4v) is 1.95. The van der Waals surface area contributed by atoms with Crippen molar-refractivity contribution in [3.8, 4) is 11.4 Å². The molecule has 4 nitrogen and oxygen atoms in total. The van der Waals surface area contributed by atoms with Crippen LogP contribution in [0.4, 0.5) is 4.39 Å². The van der Waals surface area contributed by atoms with Gasteiger partial charge in [-0.2, -0.15) is 4.98 Å². The molecule has 0 spiro atoms. The number of nitrogens with one attached hydrogen (secondary N) is 1. The molecule has 2 heterocycles. The molecular weight excluding hydrogens is 221 g/mol. The number of aromatic nitrogens is 2. The first kappa shape index (κ1) is 10.4. The van der Waals surface area contributed by atoms with Gasteiger partial charge in [-0.15, -0.1) is 0 Å². The van der Waals surface area contributed by atoms with Gasteiger partial charge < -0.3 is 9.84 Å². The van der Waals surface area contributed by atoms with Gasteiger partial charge in [-0.1, -0.05) is 35.5 Å². The Morgan fingerprint density at radius 2 is 2.12 bits per heavy atom. The Balaban J connectivity index is 1.93. The molecule has 1 aromatic carbocycles. The molecule has 17 heavy (non-hydrogen) atoms. The van der Waals surface area contributed by atoms with Crippen LogP contribution in [-0.4, -0.2) is 23.2 Å². The molecule has 0 amide bonds. The van der Waals surface area contributed by atoms with Crippen LogP contribution in [-0.2, 0) is 5.67 Å². The van der Waals surface area contributed by atoms with E-state index in [4.69, 9.17) is 4.52 Å². The molecule has 1 aromatic heterocycles. The first-order chi connectivity index (χ1) is 8.28. The van der Waals surface area contributed by atoms with Crippen molar-refractivity contribution in [2.75, 3.05) is 13.1 Å². The highest BCUT2D eigenvalue weighted by Gasteiger charge is 2.41. The van der Waals surface area contributed by atoms with Crippen LogP contribution in [0.2, 0.25) is 0 Å². The van der Waals surface area contributed by atoms with Gasteiger partial charge in [-0.05, 0) is 6.54 Å². The second kappa shape index (κ2) is 3.92. The summed E-state index contributed by atoms with van der Waals surface area (Å²) in [6.07, 6.45) is 0.378. The molecule has 5 heteroatoms. The Morgan fingerprint density at radius 1 is 1.29 bits per heavy atom. The van der Waals surface area contributed by atoms with E-state index in [1.807, 2.05) is 30.3 Å². The zero-order valence-corrected chi connectivity index (χ0v) is 9.19. The average Bonchev–Trinajstić information content (AvgIpc) is 2.99. The Labute approximate surface area is 97.8 Å². The molecule has 0 aliphatic carbocycles. The summed E-state index contributed by atoms with van der Waals surface area (Å²) in [7, 11) is 0. The molecule has 88 valence electrons. The Hall–Kier alpha value is -1.75. The van der Waals surface area contributed by atoms with Crippen molar-refractivity contribution in [1.29, 1.82) is 0 Å². The maximum absolute atomic E-state index is 14.3. The van der Waals surface area contributed by atoms with Crippen LogP contribution < -0.4 is 5.32 Å². The van der Waals surface area contributed by atoms with E-state index in [1.54, 1.807) is 0 Å². The van der Waals surface area contributed by atoms with E-state index < -0.39 is 5.67 Å². The van der Waals surface area contributed by atoms with Gasteiger partial charge in [0.1, 0.15) is 0 Å². The lowest BCUT2D eigenvalue weighted by atomic mass is 10.1. The molecule has 0 saturated carbocycles. The molecule has 1 saturated heterocycles. The van der Waals surface area contributed by atoms with Crippen LogP contribution in [0.25, 0.3) is 11.4 Å². The number of halogens is 1. The normalized spacial score (nSPS) is 24.1. The highest BCUT2D eigenvalue weighted by Crippen LogP contribution is 2.32. The molecule has 2 aromatic rings. The first-order valence-corrected chi connectivity index (χ1v) is 5.57. The summed E-state index contributed by atoms with van der Waals surface area (Å²) >= 11 is 0. The van der Waals surface area contributed by atoms with Gasteiger partial charge in [-0.3, -0.25) is 0 Å². The molecule has 0 radical (unpaired) electrons. The molecule has 3 rings (SSSR count). The smallest absolute Gasteiger partial charge is 0.266 e. The monoisotopic (exact) mass is 233 g/mol. The fourth-order valence-electron chi connectivity index (χ4n) is 1.95. The maximum Gasteiger partial charge on any atom is 0.266 e. The molecule has 1 aliphatic rings. The number of benzene rings is 1. The van der Waals surface area contributed by atoms with Crippen molar-refractivity contribution >= 4 is 0 Å². The summed E-state index contributed by atoms with van der Waals surface area (Å²) in [5.41, 5.74) is -0.683. The minimum absolute atomic E-state index is 0.0707. The SMILES string of the molecule is FC1(c2nc(-c3ccccc3)no2)CCNC1. The Bertz CT molecular complexity index is 505. The van der Waals surface area contributed by atoms with Crippen molar-refractivity contribution < 1.29 is 8.91 Å². The van der Waals surface area contributed by atoms with E-state index in [-0.39, 0.29) is 12.4 Å². The lowest BCUT2D eigenvalue weighted by Gasteiger charge is -2.10. The minimum atomic E-state index is -1.51. The third-order valence-corrected chi connectivity index (χ3v) is 2.94. The predicted molar refractivity (Wildman–Crippen MR) is 60.0 cm³/mol. The van der Waals surface area contributed by atoms with Gasteiger partial charge in [0.25, 0.3) is 5.89 Å².